The molecule has 0 spiro atoms. The van der Waals surface area contributed by atoms with Gasteiger partial charge in [-0.2, -0.15) is 0 Å². The summed E-state index contributed by atoms with van der Waals surface area (Å²) in [7, 11) is 0. The minimum Gasteiger partial charge on any atom is -0.340 e. The van der Waals surface area contributed by atoms with Gasteiger partial charge in [-0.25, -0.2) is 0 Å². The minimum absolute atomic E-state index is 0.189. The summed E-state index contributed by atoms with van der Waals surface area (Å²) in [5.74, 6) is 0.796. The summed E-state index contributed by atoms with van der Waals surface area (Å²) in [6, 6.07) is 0.243. The van der Waals surface area contributed by atoms with E-state index in [-0.39, 0.29) is 17.9 Å². The minimum atomic E-state index is 0.189. The van der Waals surface area contributed by atoms with Gasteiger partial charge in [-0.1, -0.05) is 6.42 Å². The van der Waals surface area contributed by atoms with Crippen molar-refractivity contribution in [3.05, 3.63) is 0 Å². The van der Waals surface area contributed by atoms with Crippen LogP contribution in [0.5, 0.6) is 0 Å². The predicted molar refractivity (Wildman–Crippen MR) is 71.5 cm³/mol. The highest BCUT2D eigenvalue weighted by Gasteiger charge is 2.35. The number of carbonyl (C=O) groups excluding carboxylic acids is 2. The van der Waals surface area contributed by atoms with Crippen LogP contribution in [0, 0.1) is 5.92 Å². The first-order valence-corrected chi connectivity index (χ1v) is 7.54. The van der Waals surface area contributed by atoms with Gasteiger partial charge in [0, 0.05) is 38.1 Å². The molecule has 1 aliphatic carbocycles. The summed E-state index contributed by atoms with van der Waals surface area (Å²) < 4.78 is 0. The molecule has 3 aliphatic rings. The summed E-state index contributed by atoms with van der Waals surface area (Å²) in [6.45, 7) is 3.74. The van der Waals surface area contributed by atoms with Crippen molar-refractivity contribution in [1.29, 1.82) is 0 Å². The third kappa shape index (κ3) is 2.61. The van der Waals surface area contributed by atoms with Crippen molar-refractivity contribution in [2.24, 2.45) is 5.92 Å². The summed E-state index contributed by atoms with van der Waals surface area (Å²) in [5, 5.41) is 3.10. The van der Waals surface area contributed by atoms with E-state index in [1.807, 2.05) is 9.80 Å². The van der Waals surface area contributed by atoms with Gasteiger partial charge in [0.1, 0.15) is 0 Å². The Morgan fingerprint density at radius 1 is 1.16 bits per heavy atom. The van der Waals surface area contributed by atoms with Gasteiger partial charge in [0.2, 0.25) is 11.8 Å². The first-order chi connectivity index (χ1) is 9.25. The molecule has 1 unspecified atom stereocenters. The lowest BCUT2D eigenvalue weighted by Crippen LogP contribution is -2.58. The number of carbonyl (C=O) groups is 2. The number of rotatable bonds is 2. The molecule has 1 atom stereocenters. The van der Waals surface area contributed by atoms with Gasteiger partial charge < -0.3 is 15.1 Å². The molecule has 106 valence electrons. The van der Waals surface area contributed by atoms with Crippen molar-refractivity contribution < 1.29 is 9.59 Å². The van der Waals surface area contributed by atoms with Crippen LogP contribution in [0.15, 0.2) is 0 Å². The molecular formula is C14H23N3O2. The maximum Gasteiger partial charge on any atom is 0.236 e. The molecule has 0 aromatic carbocycles. The second-order valence-electron chi connectivity index (χ2n) is 5.97. The number of nitrogens with zero attached hydrogens (tertiary/aromatic N) is 2. The molecule has 2 amide bonds. The molecule has 0 aromatic heterocycles. The maximum absolute atomic E-state index is 12.3. The molecule has 5 heteroatoms. The Hall–Kier alpha value is -1.10. The van der Waals surface area contributed by atoms with Crippen LogP contribution in [0.4, 0.5) is 0 Å². The predicted octanol–water partition coefficient (Wildman–Crippen LogP) is 0.209. The van der Waals surface area contributed by atoms with E-state index in [1.54, 1.807) is 0 Å². The second-order valence-corrected chi connectivity index (χ2v) is 5.97. The van der Waals surface area contributed by atoms with Crippen LogP contribution >= 0.6 is 0 Å². The number of piperazine rings is 1. The molecule has 2 aliphatic heterocycles. The van der Waals surface area contributed by atoms with E-state index < -0.39 is 0 Å². The summed E-state index contributed by atoms with van der Waals surface area (Å²) in [5.41, 5.74) is 0. The molecule has 0 radical (unpaired) electrons. The lowest BCUT2D eigenvalue weighted by Gasteiger charge is -2.42. The van der Waals surface area contributed by atoms with Crippen molar-refractivity contribution >= 4 is 11.8 Å². The van der Waals surface area contributed by atoms with E-state index in [4.69, 9.17) is 0 Å². The highest BCUT2D eigenvalue weighted by Crippen LogP contribution is 2.29. The molecule has 0 bridgehead atoms. The van der Waals surface area contributed by atoms with Crippen molar-refractivity contribution in [1.82, 2.24) is 15.1 Å². The fraction of sp³-hybridized carbons (Fsp3) is 0.857. The van der Waals surface area contributed by atoms with E-state index in [1.165, 1.54) is 6.42 Å². The first-order valence-electron chi connectivity index (χ1n) is 7.54. The third-order valence-corrected chi connectivity index (χ3v) is 4.73. The molecule has 1 N–H and O–H groups in total. The largest absolute Gasteiger partial charge is 0.340 e. The molecule has 2 heterocycles. The Morgan fingerprint density at radius 2 is 2.00 bits per heavy atom. The normalized spacial score (nSPS) is 29.3. The Balaban J connectivity index is 1.60. The second kappa shape index (κ2) is 5.49. The van der Waals surface area contributed by atoms with Crippen LogP contribution in [0.3, 0.4) is 0 Å². The van der Waals surface area contributed by atoms with E-state index in [0.29, 0.717) is 12.5 Å². The zero-order valence-electron chi connectivity index (χ0n) is 11.4. The van der Waals surface area contributed by atoms with Gasteiger partial charge in [0.15, 0.2) is 0 Å². The number of hydrogen-bond donors (Lipinski definition) is 1. The summed E-state index contributed by atoms with van der Waals surface area (Å²) in [6.07, 6.45) is 5.39. The van der Waals surface area contributed by atoms with Crippen LogP contribution in [0.1, 0.15) is 32.1 Å². The van der Waals surface area contributed by atoms with Gasteiger partial charge in [0.05, 0.1) is 6.54 Å². The Bertz CT molecular complexity index is 368. The van der Waals surface area contributed by atoms with E-state index in [0.717, 1.165) is 51.9 Å². The highest BCUT2D eigenvalue weighted by atomic mass is 16.2. The van der Waals surface area contributed by atoms with E-state index in [2.05, 4.69) is 5.32 Å². The van der Waals surface area contributed by atoms with Crippen LogP contribution in [0.2, 0.25) is 0 Å². The lowest BCUT2D eigenvalue weighted by molar-refractivity contribution is -0.144. The average molecular weight is 265 g/mol. The zero-order valence-corrected chi connectivity index (χ0v) is 11.4. The number of hydrogen-bond acceptors (Lipinski definition) is 3. The molecule has 0 aromatic rings. The monoisotopic (exact) mass is 265 g/mol. The molecule has 5 nitrogen and oxygen atoms in total. The van der Waals surface area contributed by atoms with E-state index >= 15 is 0 Å². The number of amides is 2. The van der Waals surface area contributed by atoms with Crippen molar-refractivity contribution in [3.63, 3.8) is 0 Å². The standard InChI is InChI=1S/C14H23N3O2/c18-13-9-15-6-8-17(13)12-5-2-7-16(10-12)14(19)11-3-1-4-11/h11-12,15H,1-10H2. The van der Waals surface area contributed by atoms with Gasteiger partial charge in [-0.3, -0.25) is 9.59 Å². The van der Waals surface area contributed by atoms with Gasteiger partial charge in [-0.05, 0) is 25.7 Å². The van der Waals surface area contributed by atoms with Gasteiger partial charge in [0.25, 0.3) is 0 Å². The molecule has 19 heavy (non-hydrogen) atoms. The third-order valence-electron chi connectivity index (χ3n) is 4.73. The van der Waals surface area contributed by atoms with Crippen molar-refractivity contribution in [2.75, 3.05) is 32.7 Å². The van der Waals surface area contributed by atoms with Crippen LogP contribution in [-0.4, -0.2) is 60.4 Å². The number of likely N-dealkylation sites (tertiary alicyclic amines) is 1. The SMILES string of the molecule is O=C(C1CCC1)N1CCCC(N2CCNCC2=O)C1. The lowest BCUT2D eigenvalue weighted by atomic mass is 9.84. The summed E-state index contributed by atoms with van der Waals surface area (Å²) >= 11 is 0. The maximum atomic E-state index is 12.3. The van der Waals surface area contributed by atoms with Crippen LogP contribution < -0.4 is 5.32 Å². The Kier molecular flexibility index (Phi) is 3.73. The Labute approximate surface area is 114 Å². The summed E-state index contributed by atoms with van der Waals surface area (Å²) in [4.78, 5) is 28.2. The highest BCUT2D eigenvalue weighted by molar-refractivity contribution is 5.81. The number of piperidine rings is 1. The molecule has 2 saturated heterocycles. The fourth-order valence-corrected chi connectivity index (χ4v) is 3.33. The topological polar surface area (TPSA) is 52.7 Å². The Morgan fingerprint density at radius 3 is 2.68 bits per heavy atom. The van der Waals surface area contributed by atoms with Crippen LogP contribution in [-0.2, 0) is 9.59 Å². The zero-order chi connectivity index (χ0) is 13.2. The van der Waals surface area contributed by atoms with Gasteiger partial charge in [-0.15, -0.1) is 0 Å². The molecule has 3 rings (SSSR count). The first kappa shape index (κ1) is 12.9. The van der Waals surface area contributed by atoms with E-state index in [9.17, 15) is 9.59 Å². The van der Waals surface area contributed by atoms with Gasteiger partial charge >= 0.3 is 0 Å². The molecule has 1 saturated carbocycles. The number of nitrogens with one attached hydrogen (secondary N) is 1. The fourth-order valence-electron chi connectivity index (χ4n) is 3.33. The van der Waals surface area contributed by atoms with Crippen LogP contribution in [0.25, 0.3) is 0 Å². The average Bonchev–Trinajstić information content (AvgIpc) is 2.37. The quantitative estimate of drug-likeness (QED) is 0.776. The van der Waals surface area contributed by atoms with Crippen molar-refractivity contribution in [3.8, 4) is 0 Å². The smallest absolute Gasteiger partial charge is 0.236 e. The van der Waals surface area contributed by atoms with Crippen molar-refractivity contribution in [2.45, 2.75) is 38.1 Å². The molecule has 3 fully saturated rings. The molecular weight excluding hydrogens is 242 g/mol.